The fourth-order valence-electron chi connectivity index (χ4n) is 1.75. The Morgan fingerprint density at radius 2 is 2.21 bits per heavy atom. The van der Waals surface area contributed by atoms with Crippen molar-refractivity contribution in [2.45, 2.75) is 18.4 Å². The van der Waals surface area contributed by atoms with E-state index in [1.807, 2.05) is 36.4 Å². The molecule has 0 saturated carbocycles. The SMILES string of the molecule is N#CC[C@@]1(O)C=Cc2ccccc2C1. The summed E-state index contributed by atoms with van der Waals surface area (Å²) in [5, 5.41) is 18.6. The maximum absolute atomic E-state index is 10.0. The standard InChI is InChI=1S/C12H11NO/c13-8-7-12(14)6-5-10-3-1-2-4-11(10)9-12/h1-6,14H,7,9H2/t12-/m0/s1. The molecule has 0 aliphatic heterocycles. The Bertz CT molecular complexity index is 417. The highest BCUT2D eigenvalue weighted by Crippen LogP contribution is 2.27. The van der Waals surface area contributed by atoms with Gasteiger partial charge in [-0.1, -0.05) is 36.4 Å². The number of benzene rings is 1. The molecular formula is C12H11NO. The first-order valence-corrected chi connectivity index (χ1v) is 4.60. The van der Waals surface area contributed by atoms with Crippen LogP contribution in [0.5, 0.6) is 0 Å². The average molecular weight is 185 g/mol. The van der Waals surface area contributed by atoms with Crippen LogP contribution in [0.25, 0.3) is 6.08 Å². The number of hydrogen-bond donors (Lipinski definition) is 1. The number of fused-ring (bicyclic) bond motifs is 1. The topological polar surface area (TPSA) is 44.0 Å². The molecule has 0 saturated heterocycles. The lowest BCUT2D eigenvalue weighted by Crippen LogP contribution is -2.30. The highest BCUT2D eigenvalue weighted by molar-refractivity contribution is 5.58. The molecule has 2 heteroatoms. The van der Waals surface area contributed by atoms with Crippen molar-refractivity contribution in [2.24, 2.45) is 0 Å². The van der Waals surface area contributed by atoms with Crippen molar-refractivity contribution < 1.29 is 5.11 Å². The van der Waals surface area contributed by atoms with Gasteiger partial charge in [-0.15, -0.1) is 0 Å². The van der Waals surface area contributed by atoms with Gasteiger partial charge in [0.15, 0.2) is 0 Å². The third kappa shape index (κ3) is 1.55. The first-order valence-electron chi connectivity index (χ1n) is 4.60. The summed E-state index contributed by atoms with van der Waals surface area (Å²) in [6.07, 6.45) is 4.29. The molecule has 0 fully saturated rings. The van der Waals surface area contributed by atoms with E-state index in [2.05, 4.69) is 0 Å². The molecule has 0 amide bonds. The summed E-state index contributed by atoms with van der Waals surface area (Å²) in [6, 6.07) is 9.93. The van der Waals surface area contributed by atoms with Gasteiger partial charge >= 0.3 is 0 Å². The van der Waals surface area contributed by atoms with E-state index >= 15 is 0 Å². The van der Waals surface area contributed by atoms with E-state index in [0.717, 1.165) is 11.1 Å². The zero-order valence-corrected chi connectivity index (χ0v) is 7.77. The van der Waals surface area contributed by atoms with E-state index in [0.29, 0.717) is 6.42 Å². The summed E-state index contributed by atoms with van der Waals surface area (Å²) in [4.78, 5) is 0. The molecule has 2 nitrogen and oxygen atoms in total. The Balaban J connectivity index is 2.34. The number of nitriles is 1. The number of aliphatic hydroxyl groups is 1. The average Bonchev–Trinajstić information content (AvgIpc) is 2.17. The van der Waals surface area contributed by atoms with Crippen LogP contribution in [0.3, 0.4) is 0 Å². The monoisotopic (exact) mass is 185 g/mol. The lowest BCUT2D eigenvalue weighted by molar-refractivity contribution is 0.0959. The van der Waals surface area contributed by atoms with Crippen LogP contribution in [0.2, 0.25) is 0 Å². The van der Waals surface area contributed by atoms with Crippen LogP contribution in [0.4, 0.5) is 0 Å². The van der Waals surface area contributed by atoms with Gasteiger partial charge in [-0.25, -0.2) is 0 Å². The maximum atomic E-state index is 10.0. The van der Waals surface area contributed by atoms with Crippen LogP contribution in [0, 0.1) is 11.3 Å². The van der Waals surface area contributed by atoms with Crippen molar-refractivity contribution in [3.8, 4) is 6.07 Å². The third-order valence-corrected chi connectivity index (χ3v) is 2.51. The normalized spacial score (nSPS) is 24.0. The van der Waals surface area contributed by atoms with Crippen molar-refractivity contribution in [1.29, 1.82) is 5.26 Å². The van der Waals surface area contributed by atoms with Crippen LogP contribution in [-0.2, 0) is 6.42 Å². The van der Waals surface area contributed by atoms with Crippen molar-refractivity contribution >= 4 is 6.08 Å². The second kappa shape index (κ2) is 3.28. The minimum absolute atomic E-state index is 0.151. The van der Waals surface area contributed by atoms with E-state index in [4.69, 9.17) is 5.26 Å². The van der Waals surface area contributed by atoms with Crippen LogP contribution in [-0.4, -0.2) is 10.7 Å². The lowest BCUT2D eigenvalue weighted by atomic mass is 9.84. The molecule has 70 valence electrons. The Labute approximate surface area is 83.1 Å². The Morgan fingerprint density at radius 3 is 3.00 bits per heavy atom. The third-order valence-electron chi connectivity index (χ3n) is 2.51. The quantitative estimate of drug-likeness (QED) is 0.726. The zero-order chi connectivity index (χ0) is 10.0. The summed E-state index contributed by atoms with van der Waals surface area (Å²) in [5.41, 5.74) is 1.27. The van der Waals surface area contributed by atoms with Crippen molar-refractivity contribution in [3.05, 3.63) is 41.5 Å². The van der Waals surface area contributed by atoms with E-state index in [1.54, 1.807) is 6.08 Å². The lowest BCUT2D eigenvalue weighted by Gasteiger charge is -2.26. The molecule has 0 bridgehead atoms. The fourth-order valence-corrected chi connectivity index (χ4v) is 1.75. The van der Waals surface area contributed by atoms with Gasteiger partial charge in [-0.05, 0) is 11.1 Å². The highest BCUT2D eigenvalue weighted by Gasteiger charge is 2.27. The first kappa shape index (κ1) is 8.98. The largest absolute Gasteiger partial charge is 0.384 e. The molecule has 2 rings (SSSR count). The molecule has 0 aromatic heterocycles. The van der Waals surface area contributed by atoms with E-state index in [-0.39, 0.29) is 6.42 Å². The Morgan fingerprint density at radius 1 is 1.43 bits per heavy atom. The predicted molar refractivity (Wildman–Crippen MR) is 54.4 cm³/mol. The van der Waals surface area contributed by atoms with Crippen LogP contribution in [0.1, 0.15) is 17.5 Å². The van der Waals surface area contributed by atoms with Gasteiger partial charge in [-0.3, -0.25) is 0 Å². The molecule has 1 N–H and O–H groups in total. The van der Waals surface area contributed by atoms with Gasteiger partial charge in [0.05, 0.1) is 12.5 Å². The summed E-state index contributed by atoms with van der Waals surface area (Å²) in [6.45, 7) is 0. The number of rotatable bonds is 1. The van der Waals surface area contributed by atoms with Crippen LogP contribution < -0.4 is 0 Å². The minimum Gasteiger partial charge on any atom is -0.384 e. The minimum atomic E-state index is -0.969. The Hall–Kier alpha value is -1.59. The van der Waals surface area contributed by atoms with Crippen LogP contribution >= 0.6 is 0 Å². The second-order valence-corrected chi connectivity index (χ2v) is 3.65. The van der Waals surface area contributed by atoms with Crippen molar-refractivity contribution in [2.75, 3.05) is 0 Å². The molecule has 1 aliphatic carbocycles. The molecular weight excluding hydrogens is 174 g/mol. The van der Waals surface area contributed by atoms with Gasteiger partial charge < -0.3 is 5.11 Å². The van der Waals surface area contributed by atoms with Gasteiger partial charge in [0.2, 0.25) is 0 Å². The highest BCUT2D eigenvalue weighted by atomic mass is 16.3. The fraction of sp³-hybridized carbons (Fsp3) is 0.250. The van der Waals surface area contributed by atoms with Crippen molar-refractivity contribution in [3.63, 3.8) is 0 Å². The molecule has 1 aromatic rings. The van der Waals surface area contributed by atoms with Gasteiger partial charge in [0.25, 0.3) is 0 Å². The zero-order valence-electron chi connectivity index (χ0n) is 7.77. The van der Waals surface area contributed by atoms with Gasteiger partial charge in [-0.2, -0.15) is 5.26 Å². The van der Waals surface area contributed by atoms with E-state index < -0.39 is 5.60 Å². The van der Waals surface area contributed by atoms with Gasteiger partial charge in [0, 0.05) is 6.42 Å². The molecule has 1 atom stereocenters. The number of nitrogens with zero attached hydrogens (tertiary/aromatic N) is 1. The summed E-state index contributed by atoms with van der Waals surface area (Å²) >= 11 is 0. The second-order valence-electron chi connectivity index (χ2n) is 3.65. The summed E-state index contributed by atoms with van der Waals surface area (Å²) in [5.74, 6) is 0. The molecule has 0 heterocycles. The summed E-state index contributed by atoms with van der Waals surface area (Å²) in [7, 11) is 0. The van der Waals surface area contributed by atoms with Crippen LogP contribution in [0.15, 0.2) is 30.3 Å². The first-order chi connectivity index (χ1) is 6.73. The molecule has 0 spiro atoms. The van der Waals surface area contributed by atoms with E-state index in [1.165, 1.54) is 0 Å². The molecule has 1 aliphatic rings. The predicted octanol–water partition coefficient (Wildman–Crippen LogP) is 1.90. The van der Waals surface area contributed by atoms with Crippen molar-refractivity contribution in [1.82, 2.24) is 0 Å². The molecule has 0 radical (unpaired) electrons. The number of hydrogen-bond acceptors (Lipinski definition) is 2. The molecule has 0 unspecified atom stereocenters. The molecule has 14 heavy (non-hydrogen) atoms. The van der Waals surface area contributed by atoms with Gasteiger partial charge in [0.1, 0.15) is 5.60 Å². The Kier molecular flexibility index (Phi) is 2.11. The summed E-state index contributed by atoms with van der Waals surface area (Å²) < 4.78 is 0. The smallest absolute Gasteiger partial charge is 0.100 e. The maximum Gasteiger partial charge on any atom is 0.100 e. The van der Waals surface area contributed by atoms with E-state index in [9.17, 15) is 5.11 Å². The molecule has 1 aromatic carbocycles.